The van der Waals surface area contributed by atoms with E-state index in [-0.39, 0.29) is 0 Å². The molecule has 0 radical (unpaired) electrons. The molecule has 4 nitrogen and oxygen atoms in total. The van der Waals surface area contributed by atoms with Crippen molar-refractivity contribution in [2.75, 3.05) is 13.7 Å². The fourth-order valence-electron chi connectivity index (χ4n) is 1.87. The predicted molar refractivity (Wildman–Crippen MR) is 78.4 cm³/mol. The third kappa shape index (κ3) is 3.78. The first-order valence-corrected chi connectivity index (χ1v) is 7.27. The number of hydrogen-bond acceptors (Lipinski definition) is 3. The van der Waals surface area contributed by atoms with Gasteiger partial charge in [0.1, 0.15) is 11.6 Å². The van der Waals surface area contributed by atoms with Crippen molar-refractivity contribution in [2.45, 2.75) is 18.8 Å². The van der Waals surface area contributed by atoms with Crippen molar-refractivity contribution in [1.82, 2.24) is 14.8 Å². The van der Waals surface area contributed by atoms with Crippen LogP contribution in [0.4, 0.5) is 0 Å². The normalized spacial score (nSPS) is 10.9. The Morgan fingerprint density at radius 3 is 2.79 bits per heavy atom. The lowest BCUT2D eigenvalue weighted by Gasteiger charge is -2.08. The highest BCUT2D eigenvalue weighted by Gasteiger charge is 2.11. The Hall–Kier alpha value is -0.910. The summed E-state index contributed by atoms with van der Waals surface area (Å²) < 4.78 is 8.20. The SMILES string of the molecule is COCCn1c(CCl)nnc1Cc1cccc(Br)c1. The topological polar surface area (TPSA) is 39.9 Å². The van der Waals surface area contributed by atoms with Crippen LogP contribution in [0.15, 0.2) is 28.7 Å². The number of nitrogens with zero attached hydrogens (tertiary/aromatic N) is 3. The summed E-state index contributed by atoms with van der Waals surface area (Å²) >= 11 is 9.35. The van der Waals surface area contributed by atoms with Gasteiger partial charge in [-0.15, -0.1) is 21.8 Å². The third-order valence-electron chi connectivity index (χ3n) is 2.79. The molecule has 2 rings (SSSR count). The lowest BCUT2D eigenvalue weighted by atomic mass is 10.1. The van der Waals surface area contributed by atoms with Crippen LogP contribution in [0.3, 0.4) is 0 Å². The zero-order valence-electron chi connectivity index (χ0n) is 10.6. The van der Waals surface area contributed by atoms with Crippen LogP contribution < -0.4 is 0 Å². The fraction of sp³-hybridized carbons (Fsp3) is 0.385. The summed E-state index contributed by atoms with van der Waals surface area (Å²) in [5.41, 5.74) is 1.18. The van der Waals surface area contributed by atoms with Crippen LogP contribution in [0.25, 0.3) is 0 Å². The van der Waals surface area contributed by atoms with E-state index >= 15 is 0 Å². The van der Waals surface area contributed by atoms with Gasteiger partial charge in [-0.2, -0.15) is 0 Å². The van der Waals surface area contributed by atoms with E-state index in [2.05, 4.69) is 38.3 Å². The van der Waals surface area contributed by atoms with E-state index in [0.29, 0.717) is 12.5 Å². The Morgan fingerprint density at radius 1 is 1.32 bits per heavy atom. The minimum Gasteiger partial charge on any atom is -0.383 e. The van der Waals surface area contributed by atoms with Gasteiger partial charge in [0.15, 0.2) is 0 Å². The van der Waals surface area contributed by atoms with Gasteiger partial charge in [-0.25, -0.2) is 0 Å². The molecule has 0 aliphatic heterocycles. The van der Waals surface area contributed by atoms with E-state index in [0.717, 1.165) is 29.1 Å². The molecule has 0 fully saturated rings. The highest BCUT2D eigenvalue weighted by atomic mass is 79.9. The van der Waals surface area contributed by atoms with Crippen LogP contribution in [0.5, 0.6) is 0 Å². The van der Waals surface area contributed by atoms with Gasteiger partial charge in [0.05, 0.1) is 12.5 Å². The van der Waals surface area contributed by atoms with Gasteiger partial charge >= 0.3 is 0 Å². The maximum absolute atomic E-state index is 5.88. The Morgan fingerprint density at radius 2 is 2.11 bits per heavy atom. The number of aromatic nitrogens is 3. The van der Waals surface area contributed by atoms with E-state index in [4.69, 9.17) is 16.3 Å². The minimum atomic E-state index is 0.356. The molecule has 0 aliphatic rings. The summed E-state index contributed by atoms with van der Waals surface area (Å²) in [5, 5.41) is 8.34. The molecule has 0 saturated heterocycles. The van der Waals surface area contributed by atoms with Crippen molar-refractivity contribution in [3.63, 3.8) is 0 Å². The van der Waals surface area contributed by atoms with Gasteiger partial charge in [0.25, 0.3) is 0 Å². The standard InChI is InChI=1S/C13H15BrClN3O/c1-19-6-5-18-12(16-17-13(18)9-15)8-10-3-2-4-11(14)7-10/h2-4,7H,5-6,8-9H2,1H3. The highest BCUT2D eigenvalue weighted by Crippen LogP contribution is 2.15. The largest absolute Gasteiger partial charge is 0.383 e. The van der Waals surface area contributed by atoms with E-state index in [1.807, 2.05) is 16.7 Å². The van der Waals surface area contributed by atoms with Gasteiger partial charge < -0.3 is 9.30 Å². The van der Waals surface area contributed by atoms with Gasteiger partial charge in [-0.1, -0.05) is 28.1 Å². The number of methoxy groups -OCH3 is 1. The summed E-state index contributed by atoms with van der Waals surface area (Å²) in [5.74, 6) is 2.05. The van der Waals surface area contributed by atoms with E-state index in [1.165, 1.54) is 5.56 Å². The van der Waals surface area contributed by atoms with Crippen molar-refractivity contribution < 1.29 is 4.74 Å². The summed E-state index contributed by atoms with van der Waals surface area (Å²) in [6.45, 7) is 1.34. The van der Waals surface area contributed by atoms with Crippen LogP contribution >= 0.6 is 27.5 Å². The molecule has 0 bridgehead atoms. The molecule has 19 heavy (non-hydrogen) atoms. The molecule has 2 aromatic rings. The molecule has 1 heterocycles. The van der Waals surface area contributed by atoms with Crippen LogP contribution in [-0.2, 0) is 23.6 Å². The molecule has 0 saturated carbocycles. The second-order valence-corrected chi connectivity index (χ2v) is 5.30. The molecular weight excluding hydrogens is 330 g/mol. The van der Waals surface area contributed by atoms with Gasteiger partial charge in [-0.3, -0.25) is 0 Å². The summed E-state index contributed by atoms with van der Waals surface area (Å²) in [6.07, 6.45) is 0.729. The average molecular weight is 345 g/mol. The average Bonchev–Trinajstić information content (AvgIpc) is 2.78. The number of benzene rings is 1. The Balaban J connectivity index is 2.21. The highest BCUT2D eigenvalue weighted by molar-refractivity contribution is 9.10. The van der Waals surface area contributed by atoms with Gasteiger partial charge in [-0.05, 0) is 17.7 Å². The summed E-state index contributed by atoms with van der Waals surface area (Å²) in [6, 6.07) is 8.16. The fourth-order valence-corrected chi connectivity index (χ4v) is 2.52. The molecular formula is C13H15BrClN3O. The first-order chi connectivity index (χ1) is 9.24. The number of rotatable bonds is 6. The van der Waals surface area contributed by atoms with E-state index in [1.54, 1.807) is 7.11 Å². The smallest absolute Gasteiger partial charge is 0.148 e. The first kappa shape index (κ1) is 14.5. The molecule has 0 unspecified atom stereocenters. The minimum absolute atomic E-state index is 0.356. The lowest BCUT2D eigenvalue weighted by molar-refractivity contribution is 0.185. The van der Waals surface area contributed by atoms with Crippen molar-refractivity contribution >= 4 is 27.5 Å². The van der Waals surface area contributed by atoms with E-state index in [9.17, 15) is 0 Å². The predicted octanol–water partition coefficient (Wildman–Crippen LogP) is 3.02. The molecule has 6 heteroatoms. The molecule has 1 aromatic carbocycles. The number of halogens is 2. The molecule has 0 amide bonds. The van der Waals surface area contributed by atoms with Crippen LogP contribution in [-0.4, -0.2) is 28.5 Å². The van der Waals surface area contributed by atoms with Crippen molar-refractivity contribution in [3.05, 3.63) is 46.0 Å². The zero-order chi connectivity index (χ0) is 13.7. The summed E-state index contributed by atoms with van der Waals surface area (Å²) in [4.78, 5) is 0. The van der Waals surface area contributed by atoms with Gasteiger partial charge in [0.2, 0.25) is 0 Å². The van der Waals surface area contributed by atoms with Crippen LogP contribution in [0.2, 0.25) is 0 Å². The zero-order valence-corrected chi connectivity index (χ0v) is 13.0. The quantitative estimate of drug-likeness (QED) is 0.756. The Kier molecular flexibility index (Phi) is 5.36. The monoisotopic (exact) mass is 343 g/mol. The molecule has 0 spiro atoms. The van der Waals surface area contributed by atoms with Crippen LogP contribution in [0.1, 0.15) is 17.2 Å². The lowest BCUT2D eigenvalue weighted by Crippen LogP contribution is -2.11. The molecule has 0 N–H and O–H groups in total. The van der Waals surface area contributed by atoms with Gasteiger partial charge in [0, 0.05) is 24.5 Å². The Labute approximate surface area is 125 Å². The maximum Gasteiger partial charge on any atom is 0.148 e. The van der Waals surface area contributed by atoms with E-state index < -0.39 is 0 Å². The number of alkyl halides is 1. The van der Waals surface area contributed by atoms with Crippen molar-refractivity contribution in [2.24, 2.45) is 0 Å². The first-order valence-electron chi connectivity index (χ1n) is 5.95. The maximum atomic E-state index is 5.88. The molecule has 102 valence electrons. The second-order valence-electron chi connectivity index (χ2n) is 4.12. The second kappa shape index (κ2) is 7.03. The Bertz CT molecular complexity index is 544. The number of ether oxygens (including phenoxy) is 1. The van der Waals surface area contributed by atoms with Crippen molar-refractivity contribution in [1.29, 1.82) is 0 Å². The summed E-state index contributed by atoms with van der Waals surface area (Å²) in [7, 11) is 1.68. The molecule has 0 aliphatic carbocycles. The number of hydrogen-bond donors (Lipinski definition) is 0. The van der Waals surface area contributed by atoms with Crippen LogP contribution in [0, 0.1) is 0 Å². The molecule has 1 aromatic heterocycles. The third-order valence-corrected chi connectivity index (χ3v) is 3.53. The molecule has 0 atom stereocenters. The van der Waals surface area contributed by atoms with Crippen molar-refractivity contribution in [3.8, 4) is 0 Å².